The third-order valence-electron chi connectivity index (χ3n) is 4.08. The van der Waals surface area contributed by atoms with Gasteiger partial charge in [-0.2, -0.15) is 4.98 Å². The molecule has 2 aromatic rings. The number of carbonyl (C=O) groups excluding carboxylic acids is 1. The number of amides is 2. The first-order chi connectivity index (χ1) is 11.8. The summed E-state index contributed by atoms with van der Waals surface area (Å²) in [6, 6.07) is 7.27. The summed E-state index contributed by atoms with van der Waals surface area (Å²) in [5, 5.41) is 7.74. The predicted molar refractivity (Wildman–Crippen MR) is 96.6 cm³/mol. The molecule has 1 aromatic heterocycles. The van der Waals surface area contributed by atoms with Gasteiger partial charge in [0.1, 0.15) is 0 Å². The van der Waals surface area contributed by atoms with Crippen molar-refractivity contribution in [2.45, 2.75) is 45.1 Å². The topological polar surface area (TPSA) is 71.3 Å². The van der Waals surface area contributed by atoms with Gasteiger partial charge in [0.2, 0.25) is 11.7 Å². The number of urea groups is 1. The Hall–Kier alpha value is -2.08. The van der Waals surface area contributed by atoms with E-state index in [1.807, 2.05) is 37.8 Å². The average molecular weight is 363 g/mol. The van der Waals surface area contributed by atoms with Gasteiger partial charge in [0, 0.05) is 29.2 Å². The summed E-state index contributed by atoms with van der Waals surface area (Å²) in [6.07, 6.45) is 1.85. The van der Waals surface area contributed by atoms with Crippen LogP contribution < -0.4 is 5.32 Å². The number of carbonyl (C=O) groups is 1. The number of piperidine rings is 1. The standard InChI is InChI=1S/C18H23ClN4O2/c1-18(2,3)21-17(24)23-10-4-5-13(11-23)16-20-15(22-25-16)12-6-8-14(19)9-7-12/h6-9,13H,4-5,10-11H2,1-3H3,(H,21,24). The summed E-state index contributed by atoms with van der Waals surface area (Å²) >= 11 is 5.91. The first kappa shape index (κ1) is 17.7. The molecule has 0 spiro atoms. The Bertz CT molecular complexity index is 736. The molecule has 3 rings (SSSR count). The Morgan fingerprint density at radius 2 is 2.04 bits per heavy atom. The number of hydrogen-bond acceptors (Lipinski definition) is 4. The fourth-order valence-electron chi connectivity index (χ4n) is 2.88. The highest BCUT2D eigenvalue weighted by Crippen LogP contribution is 2.28. The molecule has 25 heavy (non-hydrogen) atoms. The number of rotatable bonds is 2. The highest BCUT2D eigenvalue weighted by molar-refractivity contribution is 6.30. The molecule has 0 radical (unpaired) electrons. The van der Waals surface area contributed by atoms with E-state index in [9.17, 15) is 4.79 Å². The van der Waals surface area contributed by atoms with Crippen molar-refractivity contribution in [3.05, 3.63) is 35.2 Å². The molecule has 1 aromatic carbocycles. The van der Waals surface area contributed by atoms with Crippen molar-refractivity contribution in [3.63, 3.8) is 0 Å². The number of aromatic nitrogens is 2. The SMILES string of the molecule is CC(C)(C)NC(=O)N1CCCC(c2nc(-c3ccc(Cl)cc3)no2)C1. The van der Waals surface area contributed by atoms with Crippen LogP contribution in [0, 0.1) is 0 Å². The lowest BCUT2D eigenvalue weighted by Gasteiger charge is -2.33. The minimum Gasteiger partial charge on any atom is -0.339 e. The molecule has 1 fully saturated rings. The molecule has 1 atom stereocenters. The van der Waals surface area contributed by atoms with Crippen molar-refractivity contribution >= 4 is 17.6 Å². The molecule has 1 unspecified atom stereocenters. The zero-order chi connectivity index (χ0) is 18.0. The molecule has 6 nitrogen and oxygen atoms in total. The van der Waals surface area contributed by atoms with Crippen LogP contribution in [0.25, 0.3) is 11.4 Å². The van der Waals surface area contributed by atoms with Crippen molar-refractivity contribution in [2.75, 3.05) is 13.1 Å². The van der Waals surface area contributed by atoms with Crippen molar-refractivity contribution in [1.29, 1.82) is 0 Å². The van der Waals surface area contributed by atoms with Gasteiger partial charge in [-0.3, -0.25) is 0 Å². The van der Waals surface area contributed by atoms with Crippen LogP contribution in [0.4, 0.5) is 4.79 Å². The van der Waals surface area contributed by atoms with Crippen LogP contribution >= 0.6 is 11.6 Å². The third-order valence-corrected chi connectivity index (χ3v) is 4.34. The van der Waals surface area contributed by atoms with Crippen molar-refractivity contribution in [1.82, 2.24) is 20.4 Å². The third kappa shape index (κ3) is 4.51. The smallest absolute Gasteiger partial charge is 0.317 e. The van der Waals surface area contributed by atoms with E-state index in [0.717, 1.165) is 24.9 Å². The molecule has 7 heteroatoms. The molecule has 0 bridgehead atoms. The normalized spacial score (nSPS) is 18.2. The molecule has 0 saturated carbocycles. The Labute approximate surface area is 152 Å². The zero-order valence-electron chi connectivity index (χ0n) is 14.8. The molecule has 2 amide bonds. The first-order valence-corrected chi connectivity index (χ1v) is 8.86. The molecule has 2 heterocycles. The van der Waals surface area contributed by atoms with Gasteiger partial charge >= 0.3 is 6.03 Å². The number of hydrogen-bond donors (Lipinski definition) is 1. The van der Waals surface area contributed by atoms with E-state index >= 15 is 0 Å². The van der Waals surface area contributed by atoms with Crippen LogP contribution in [0.2, 0.25) is 5.02 Å². The highest BCUT2D eigenvalue weighted by Gasteiger charge is 2.30. The van der Waals surface area contributed by atoms with E-state index in [1.54, 1.807) is 12.1 Å². The Balaban J connectivity index is 1.70. The minimum atomic E-state index is -0.254. The van der Waals surface area contributed by atoms with Gasteiger partial charge < -0.3 is 14.7 Å². The summed E-state index contributed by atoms with van der Waals surface area (Å²) in [4.78, 5) is 18.7. The van der Waals surface area contributed by atoms with Crippen LogP contribution in [0.5, 0.6) is 0 Å². The molecule has 1 aliphatic heterocycles. The van der Waals surface area contributed by atoms with Gasteiger partial charge in [-0.1, -0.05) is 16.8 Å². The summed E-state index contributed by atoms with van der Waals surface area (Å²) in [5.41, 5.74) is 0.605. The molecule has 0 aliphatic carbocycles. The van der Waals surface area contributed by atoms with E-state index in [0.29, 0.717) is 23.3 Å². The Morgan fingerprint density at radius 3 is 2.72 bits per heavy atom. The summed E-state index contributed by atoms with van der Waals surface area (Å²) in [6.45, 7) is 7.26. The molecule has 1 saturated heterocycles. The molecular formula is C18H23ClN4O2. The predicted octanol–water partition coefficient (Wildman–Crippen LogP) is 4.08. The molecule has 134 valence electrons. The van der Waals surface area contributed by atoms with Gasteiger partial charge in [0.15, 0.2) is 0 Å². The lowest BCUT2D eigenvalue weighted by atomic mass is 9.98. The lowest BCUT2D eigenvalue weighted by molar-refractivity contribution is 0.164. The van der Waals surface area contributed by atoms with Gasteiger partial charge in [0.05, 0.1) is 5.92 Å². The van der Waals surface area contributed by atoms with Crippen LogP contribution in [-0.2, 0) is 0 Å². The number of nitrogens with zero attached hydrogens (tertiary/aromatic N) is 3. The van der Waals surface area contributed by atoms with E-state index in [4.69, 9.17) is 16.1 Å². The van der Waals surface area contributed by atoms with E-state index in [1.165, 1.54) is 0 Å². The van der Waals surface area contributed by atoms with E-state index in [-0.39, 0.29) is 17.5 Å². The zero-order valence-corrected chi connectivity index (χ0v) is 15.5. The van der Waals surface area contributed by atoms with E-state index in [2.05, 4.69) is 15.5 Å². The average Bonchev–Trinajstić information content (AvgIpc) is 3.04. The Morgan fingerprint density at radius 1 is 1.32 bits per heavy atom. The van der Waals surface area contributed by atoms with Crippen LogP contribution in [0.3, 0.4) is 0 Å². The van der Waals surface area contributed by atoms with Crippen LogP contribution in [-0.4, -0.2) is 39.7 Å². The number of benzene rings is 1. The van der Waals surface area contributed by atoms with Gasteiger partial charge in [-0.15, -0.1) is 0 Å². The first-order valence-electron chi connectivity index (χ1n) is 8.48. The van der Waals surface area contributed by atoms with Crippen molar-refractivity contribution in [3.8, 4) is 11.4 Å². The van der Waals surface area contributed by atoms with E-state index < -0.39 is 0 Å². The molecular weight excluding hydrogens is 340 g/mol. The highest BCUT2D eigenvalue weighted by atomic mass is 35.5. The lowest BCUT2D eigenvalue weighted by Crippen LogP contribution is -2.51. The number of nitrogens with one attached hydrogen (secondary N) is 1. The quantitative estimate of drug-likeness (QED) is 0.873. The molecule has 1 aliphatic rings. The minimum absolute atomic E-state index is 0.0466. The summed E-state index contributed by atoms with van der Waals surface area (Å²) in [7, 11) is 0. The number of halogens is 1. The maximum absolute atomic E-state index is 12.4. The maximum Gasteiger partial charge on any atom is 0.317 e. The fourth-order valence-corrected chi connectivity index (χ4v) is 3.01. The van der Waals surface area contributed by atoms with Gasteiger partial charge in [-0.25, -0.2) is 4.79 Å². The van der Waals surface area contributed by atoms with Crippen molar-refractivity contribution < 1.29 is 9.32 Å². The van der Waals surface area contributed by atoms with Gasteiger partial charge in [-0.05, 0) is 57.9 Å². The largest absolute Gasteiger partial charge is 0.339 e. The van der Waals surface area contributed by atoms with Crippen LogP contribution in [0.15, 0.2) is 28.8 Å². The maximum atomic E-state index is 12.4. The summed E-state index contributed by atoms with van der Waals surface area (Å²) in [5.74, 6) is 1.19. The second kappa shape index (κ2) is 7.04. The fraction of sp³-hybridized carbons (Fsp3) is 0.500. The molecule has 1 N–H and O–H groups in total. The van der Waals surface area contributed by atoms with Crippen LogP contribution in [0.1, 0.15) is 45.4 Å². The second-order valence-corrected chi connectivity index (χ2v) is 7.86. The Kier molecular flexibility index (Phi) is 4.99. The van der Waals surface area contributed by atoms with Gasteiger partial charge in [0.25, 0.3) is 0 Å². The monoisotopic (exact) mass is 362 g/mol. The van der Waals surface area contributed by atoms with Crippen molar-refractivity contribution in [2.24, 2.45) is 0 Å². The number of likely N-dealkylation sites (tertiary alicyclic amines) is 1. The summed E-state index contributed by atoms with van der Waals surface area (Å²) < 4.78 is 5.47. The second-order valence-electron chi connectivity index (χ2n) is 7.43.